The molecule has 4 N–H and O–H groups in total. The first-order valence-corrected chi connectivity index (χ1v) is 3.93. The third-order valence-corrected chi connectivity index (χ3v) is 1.30. The van der Waals surface area contributed by atoms with Crippen molar-refractivity contribution in [2.24, 2.45) is 22.4 Å². The van der Waals surface area contributed by atoms with Gasteiger partial charge in [-0.2, -0.15) is 0 Å². The van der Waals surface area contributed by atoms with Gasteiger partial charge in [0.1, 0.15) is 5.82 Å². The first-order chi connectivity index (χ1) is 5.95. The van der Waals surface area contributed by atoms with Gasteiger partial charge in [-0.25, -0.2) is 4.99 Å². The molecule has 0 spiro atoms. The molecule has 0 fully saturated rings. The van der Waals surface area contributed by atoms with Crippen LogP contribution in [-0.2, 0) is 4.79 Å². The first kappa shape index (κ1) is 11.4. The Morgan fingerprint density at radius 3 is 2.38 bits per heavy atom. The highest BCUT2D eigenvalue weighted by molar-refractivity contribution is 5.99. The molecule has 0 rings (SSSR count). The van der Waals surface area contributed by atoms with Crippen LogP contribution in [0.5, 0.6) is 0 Å². The van der Waals surface area contributed by atoms with Gasteiger partial charge in [-0.1, -0.05) is 20.4 Å². The van der Waals surface area contributed by atoms with Crippen molar-refractivity contribution in [3.8, 4) is 0 Å². The van der Waals surface area contributed by atoms with Gasteiger partial charge in [0.05, 0.1) is 5.70 Å². The lowest BCUT2D eigenvalue weighted by atomic mass is 10.1. The Kier molecular flexibility index (Phi) is 4.51. The summed E-state index contributed by atoms with van der Waals surface area (Å²) in [6.45, 7) is 6.92. The second-order valence-corrected chi connectivity index (χ2v) is 2.91. The van der Waals surface area contributed by atoms with Gasteiger partial charge >= 0.3 is 0 Å². The van der Waals surface area contributed by atoms with Crippen LogP contribution >= 0.6 is 0 Å². The maximum atomic E-state index is 11.2. The number of allylic oxidation sites excluding steroid dienone is 2. The second-order valence-electron chi connectivity index (χ2n) is 2.91. The lowest BCUT2D eigenvalue weighted by Crippen LogP contribution is -2.16. The number of nitrogens with zero attached hydrogens (tertiary/aromatic N) is 1. The molecule has 0 saturated carbocycles. The summed E-state index contributed by atoms with van der Waals surface area (Å²) in [5.41, 5.74) is 10.8. The number of Topliss-reactive ketones (excluding diaryl/α,β-unsaturated/α-hetero) is 1. The second kappa shape index (κ2) is 5.13. The minimum atomic E-state index is -0.106. The fourth-order valence-electron chi connectivity index (χ4n) is 0.629. The number of carbonyl (C=O) groups is 1. The fraction of sp³-hybridized carbons (Fsp3) is 0.333. The molecule has 0 unspecified atom stereocenters. The molecule has 0 bridgehead atoms. The van der Waals surface area contributed by atoms with Gasteiger partial charge in [-0.15, -0.1) is 0 Å². The predicted octanol–water partition coefficient (Wildman–Crippen LogP) is 0.555. The van der Waals surface area contributed by atoms with Crippen molar-refractivity contribution in [1.29, 1.82) is 0 Å². The van der Waals surface area contributed by atoms with Gasteiger partial charge in [-0.05, 0) is 6.08 Å². The van der Waals surface area contributed by atoms with E-state index in [1.807, 2.05) is 0 Å². The average Bonchev–Trinajstić information content (AvgIpc) is 2.02. The van der Waals surface area contributed by atoms with Crippen molar-refractivity contribution >= 4 is 12.0 Å². The molecule has 0 aromatic heterocycles. The number of hydrogen-bond acceptors (Lipinski definition) is 4. The molecule has 4 nitrogen and oxygen atoms in total. The summed E-state index contributed by atoms with van der Waals surface area (Å²) < 4.78 is 0. The molecule has 0 aliphatic carbocycles. The van der Waals surface area contributed by atoms with E-state index in [0.29, 0.717) is 0 Å². The third-order valence-electron chi connectivity index (χ3n) is 1.30. The van der Waals surface area contributed by atoms with Crippen LogP contribution in [-0.4, -0.2) is 12.0 Å². The zero-order valence-corrected chi connectivity index (χ0v) is 7.95. The van der Waals surface area contributed by atoms with Gasteiger partial charge < -0.3 is 11.5 Å². The van der Waals surface area contributed by atoms with E-state index in [9.17, 15) is 4.79 Å². The van der Waals surface area contributed by atoms with E-state index in [-0.39, 0.29) is 23.2 Å². The van der Waals surface area contributed by atoms with Crippen molar-refractivity contribution in [3.05, 3.63) is 24.2 Å². The molecule has 0 amide bonds. The van der Waals surface area contributed by atoms with Gasteiger partial charge in [0.25, 0.3) is 0 Å². The van der Waals surface area contributed by atoms with Crippen LogP contribution in [0.1, 0.15) is 13.8 Å². The molecule has 0 aliphatic rings. The van der Waals surface area contributed by atoms with Gasteiger partial charge in [0.2, 0.25) is 0 Å². The third kappa shape index (κ3) is 4.79. The molecule has 0 radical (unpaired) electrons. The summed E-state index contributed by atoms with van der Waals surface area (Å²) in [4.78, 5) is 14.9. The molecule has 0 atom stereocenters. The van der Waals surface area contributed by atoms with Crippen molar-refractivity contribution in [1.82, 2.24) is 0 Å². The van der Waals surface area contributed by atoms with Crippen LogP contribution in [0.3, 0.4) is 0 Å². The average molecular weight is 181 g/mol. The van der Waals surface area contributed by atoms with Crippen molar-refractivity contribution in [2.45, 2.75) is 13.8 Å². The minimum Gasteiger partial charge on any atom is -0.396 e. The van der Waals surface area contributed by atoms with Crippen molar-refractivity contribution in [3.63, 3.8) is 0 Å². The summed E-state index contributed by atoms with van der Waals surface area (Å²) in [5.74, 6) is -0.0270. The SMILES string of the molecule is C=C(N)/N=C\C=C(/N)C(=O)C(C)C. The van der Waals surface area contributed by atoms with Crippen LogP contribution in [0.25, 0.3) is 0 Å². The zero-order chi connectivity index (χ0) is 10.4. The van der Waals surface area contributed by atoms with Crippen LogP contribution in [0.2, 0.25) is 0 Å². The lowest BCUT2D eigenvalue weighted by Gasteiger charge is -2.01. The Morgan fingerprint density at radius 2 is 2.00 bits per heavy atom. The molecule has 0 aliphatic heterocycles. The number of carbonyl (C=O) groups excluding carboxylic acids is 1. The van der Waals surface area contributed by atoms with E-state index in [0.717, 1.165) is 0 Å². The van der Waals surface area contributed by atoms with E-state index in [1.165, 1.54) is 12.3 Å². The van der Waals surface area contributed by atoms with E-state index >= 15 is 0 Å². The summed E-state index contributed by atoms with van der Waals surface area (Å²) in [6, 6.07) is 0. The number of nitrogens with two attached hydrogens (primary N) is 2. The number of ketones is 1. The molecular weight excluding hydrogens is 166 g/mol. The van der Waals surface area contributed by atoms with Crippen LogP contribution in [0.15, 0.2) is 29.2 Å². The van der Waals surface area contributed by atoms with E-state index in [4.69, 9.17) is 11.5 Å². The Labute approximate surface area is 78.0 Å². The summed E-state index contributed by atoms with van der Waals surface area (Å²) in [7, 11) is 0. The number of hydrogen-bond donors (Lipinski definition) is 2. The fourth-order valence-corrected chi connectivity index (χ4v) is 0.629. The minimum absolute atomic E-state index is 0.103. The Morgan fingerprint density at radius 1 is 1.46 bits per heavy atom. The summed E-state index contributed by atoms with van der Waals surface area (Å²) >= 11 is 0. The summed E-state index contributed by atoms with van der Waals surface area (Å²) in [5, 5.41) is 0. The largest absolute Gasteiger partial charge is 0.396 e. The van der Waals surface area contributed by atoms with Crippen LogP contribution < -0.4 is 11.5 Å². The predicted molar refractivity (Wildman–Crippen MR) is 53.9 cm³/mol. The van der Waals surface area contributed by atoms with Crippen LogP contribution in [0.4, 0.5) is 0 Å². The molecule has 0 heterocycles. The van der Waals surface area contributed by atoms with Crippen molar-refractivity contribution in [2.75, 3.05) is 0 Å². The van der Waals surface area contributed by atoms with E-state index < -0.39 is 0 Å². The standard InChI is InChI=1S/C9H15N3O/c1-6(2)9(13)8(11)4-5-12-7(3)10/h4-6H,3,10-11H2,1-2H3/b8-4-,12-5-. The maximum Gasteiger partial charge on any atom is 0.181 e. The lowest BCUT2D eigenvalue weighted by molar-refractivity contribution is -0.118. The summed E-state index contributed by atoms with van der Waals surface area (Å²) in [6.07, 6.45) is 2.78. The Bertz CT molecular complexity index is 264. The highest BCUT2D eigenvalue weighted by Gasteiger charge is 2.08. The molecule has 4 heteroatoms. The highest BCUT2D eigenvalue weighted by Crippen LogP contribution is 1.99. The quantitative estimate of drug-likeness (QED) is 0.491. The Hall–Kier alpha value is -1.58. The smallest absolute Gasteiger partial charge is 0.181 e. The van der Waals surface area contributed by atoms with Gasteiger partial charge in [0, 0.05) is 12.1 Å². The van der Waals surface area contributed by atoms with Crippen molar-refractivity contribution < 1.29 is 4.79 Å². The normalized spacial score (nSPS) is 12.4. The maximum absolute atomic E-state index is 11.2. The first-order valence-electron chi connectivity index (χ1n) is 3.93. The molecular formula is C9H15N3O. The highest BCUT2D eigenvalue weighted by atomic mass is 16.1. The zero-order valence-electron chi connectivity index (χ0n) is 7.95. The topological polar surface area (TPSA) is 81.5 Å². The van der Waals surface area contributed by atoms with Gasteiger partial charge in [0.15, 0.2) is 5.78 Å². The molecule has 72 valence electrons. The number of aliphatic imine (C=N–C) groups is 1. The molecule has 13 heavy (non-hydrogen) atoms. The molecule has 0 saturated heterocycles. The van der Waals surface area contributed by atoms with Gasteiger partial charge in [-0.3, -0.25) is 4.79 Å². The molecule has 0 aromatic carbocycles. The monoisotopic (exact) mass is 181 g/mol. The van der Waals surface area contributed by atoms with E-state index in [2.05, 4.69) is 11.6 Å². The Balaban J connectivity index is 4.33. The number of rotatable bonds is 4. The van der Waals surface area contributed by atoms with E-state index in [1.54, 1.807) is 13.8 Å². The van der Waals surface area contributed by atoms with Crippen LogP contribution in [0, 0.1) is 5.92 Å². The molecule has 0 aromatic rings.